The van der Waals surface area contributed by atoms with Crippen molar-refractivity contribution in [3.63, 3.8) is 0 Å². The lowest BCUT2D eigenvalue weighted by Crippen LogP contribution is -2.54. The van der Waals surface area contributed by atoms with Crippen LogP contribution in [0.3, 0.4) is 0 Å². The van der Waals surface area contributed by atoms with Gasteiger partial charge in [0.15, 0.2) is 0 Å². The second kappa shape index (κ2) is 11.3. The number of methoxy groups -OCH3 is 1. The van der Waals surface area contributed by atoms with E-state index in [1.807, 2.05) is 6.92 Å². The zero-order valence-corrected chi connectivity index (χ0v) is 18.9. The Morgan fingerprint density at radius 1 is 1.29 bits per heavy atom. The third-order valence-corrected chi connectivity index (χ3v) is 5.78. The summed E-state index contributed by atoms with van der Waals surface area (Å²) in [6.07, 6.45) is 3.27. The summed E-state index contributed by atoms with van der Waals surface area (Å²) >= 11 is 0. The lowest BCUT2D eigenvalue weighted by Gasteiger charge is -2.28. The topological polar surface area (TPSA) is 117 Å². The van der Waals surface area contributed by atoms with Crippen LogP contribution in [-0.2, 0) is 13.0 Å². The van der Waals surface area contributed by atoms with Gasteiger partial charge in [0.25, 0.3) is 0 Å². The Morgan fingerprint density at radius 3 is 2.74 bits per heavy atom. The minimum atomic E-state index is 0.132. The number of ether oxygens (including phenoxy) is 1. The molecule has 0 amide bonds. The average molecular weight is 429 g/mol. The normalized spacial score (nSPS) is 14.8. The average Bonchev–Trinajstić information content (AvgIpc) is 2.70. The standard InChI is InChI=1S/C23H36N6O2/c1-4-5-18(8-9-30)28-22-20(15(2)27-23(24)29-22)11-17-7-6-16(10-21(17)31-3)12-26-19-13-25-14-19/h6-7,10,18-19,25-26,30H,4-5,8-9,11-14H2,1-3H3,(H3,24,27,28,29)/t18-/m0/s1. The molecule has 0 aliphatic carbocycles. The molecule has 6 N–H and O–H groups in total. The van der Waals surface area contributed by atoms with Gasteiger partial charge in [-0.05, 0) is 37.0 Å². The summed E-state index contributed by atoms with van der Waals surface area (Å²) in [5, 5.41) is 19.7. The predicted octanol–water partition coefficient (Wildman–Crippen LogP) is 1.99. The Morgan fingerprint density at radius 2 is 2.10 bits per heavy atom. The number of nitrogens with one attached hydrogen (secondary N) is 3. The number of nitrogens with two attached hydrogens (primary N) is 1. The molecule has 170 valence electrons. The number of aryl methyl sites for hydroxylation is 1. The number of anilines is 2. The van der Waals surface area contributed by atoms with Crippen molar-refractivity contribution in [1.82, 2.24) is 20.6 Å². The summed E-state index contributed by atoms with van der Waals surface area (Å²) in [6, 6.07) is 7.04. The van der Waals surface area contributed by atoms with Gasteiger partial charge in [-0.15, -0.1) is 0 Å². The van der Waals surface area contributed by atoms with Crippen molar-refractivity contribution in [2.45, 2.75) is 58.2 Å². The smallest absolute Gasteiger partial charge is 0.222 e. The highest BCUT2D eigenvalue weighted by molar-refractivity contribution is 5.53. The molecular formula is C23H36N6O2. The molecule has 31 heavy (non-hydrogen) atoms. The van der Waals surface area contributed by atoms with Gasteiger partial charge in [0.1, 0.15) is 11.6 Å². The van der Waals surface area contributed by atoms with Gasteiger partial charge in [0.05, 0.1) is 7.11 Å². The summed E-state index contributed by atoms with van der Waals surface area (Å²) < 4.78 is 5.71. The van der Waals surface area contributed by atoms with Gasteiger partial charge >= 0.3 is 0 Å². The van der Waals surface area contributed by atoms with Crippen LogP contribution in [0, 0.1) is 6.92 Å². The maximum absolute atomic E-state index is 9.42. The van der Waals surface area contributed by atoms with E-state index in [0.29, 0.717) is 18.9 Å². The number of aliphatic hydroxyl groups excluding tert-OH is 1. The van der Waals surface area contributed by atoms with E-state index in [0.717, 1.165) is 60.9 Å². The third kappa shape index (κ3) is 6.29. The van der Waals surface area contributed by atoms with Gasteiger partial charge < -0.3 is 31.5 Å². The summed E-state index contributed by atoms with van der Waals surface area (Å²) in [5.74, 6) is 1.85. The quantitative estimate of drug-likeness (QED) is 0.348. The van der Waals surface area contributed by atoms with Crippen LogP contribution in [0.5, 0.6) is 5.75 Å². The number of nitrogen functional groups attached to an aromatic ring is 1. The summed E-state index contributed by atoms with van der Waals surface area (Å²) in [5.41, 5.74) is 10.1. The fourth-order valence-electron chi connectivity index (χ4n) is 3.87. The Hall–Kier alpha value is -2.42. The number of aliphatic hydroxyl groups is 1. The molecule has 8 heteroatoms. The molecule has 0 spiro atoms. The lowest BCUT2D eigenvalue weighted by atomic mass is 10.0. The van der Waals surface area contributed by atoms with Crippen molar-refractivity contribution in [1.29, 1.82) is 0 Å². The van der Waals surface area contributed by atoms with Gasteiger partial charge in [-0.25, -0.2) is 4.98 Å². The van der Waals surface area contributed by atoms with Crippen molar-refractivity contribution in [2.24, 2.45) is 0 Å². The zero-order valence-electron chi connectivity index (χ0n) is 18.9. The fourth-order valence-corrected chi connectivity index (χ4v) is 3.87. The highest BCUT2D eigenvalue weighted by atomic mass is 16.5. The highest BCUT2D eigenvalue weighted by Crippen LogP contribution is 2.28. The molecule has 1 aromatic heterocycles. The molecule has 0 bridgehead atoms. The number of hydrogen-bond acceptors (Lipinski definition) is 8. The SMILES string of the molecule is CCC[C@@H](CCO)Nc1nc(N)nc(C)c1Cc1ccc(CNC2CNC2)cc1OC. The van der Waals surface area contributed by atoms with Gasteiger partial charge in [0, 0.05) is 56.0 Å². The van der Waals surface area contributed by atoms with Gasteiger partial charge in [-0.1, -0.05) is 25.5 Å². The maximum Gasteiger partial charge on any atom is 0.222 e. The Kier molecular flexibility index (Phi) is 8.45. The van der Waals surface area contributed by atoms with Crippen LogP contribution in [0.1, 0.15) is 48.6 Å². The predicted molar refractivity (Wildman–Crippen MR) is 125 cm³/mol. The van der Waals surface area contributed by atoms with Crippen LogP contribution >= 0.6 is 0 Å². The summed E-state index contributed by atoms with van der Waals surface area (Å²) in [6.45, 7) is 7.09. The van der Waals surface area contributed by atoms with Crippen molar-refractivity contribution in [3.05, 3.63) is 40.6 Å². The molecule has 0 radical (unpaired) electrons. The van der Waals surface area contributed by atoms with E-state index in [1.54, 1.807) is 7.11 Å². The highest BCUT2D eigenvalue weighted by Gasteiger charge is 2.18. The Balaban J connectivity index is 1.81. The van der Waals surface area contributed by atoms with Crippen LogP contribution in [0.25, 0.3) is 0 Å². The summed E-state index contributed by atoms with van der Waals surface area (Å²) in [4.78, 5) is 8.88. The van der Waals surface area contributed by atoms with E-state index in [9.17, 15) is 5.11 Å². The molecule has 0 saturated carbocycles. The first-order valence-corrected chi connectivity index (χ1v) is 11.1. The number of rotatable bonds is 12. The number of aromatic nitrogens is 2. The molecule has 1 saturated heterocycles. The first kappa shape index (κ1) is 23.2. The van der Waals surface area contributed by atoms with E-state index in [-0.39, 0.29) is 18.6 Å². The molecule has 2 aromatic rings. The van der Waals surface area contributed by atoms with Gasteiger partial charge in [-0.3, -0.25) is 0 Å². The minimum Gasteiger partial charge on any atom is -0.496 e. The molecule has 1 aliphatic heterocycles. The van der Waals surface area contributed by atoms with Crippen LogP contribution in [0.15, 0.2) is 18.2 Å². The molecule has 8 nitrogen and oxygen atoms in total. The lowest BCUT2D eigenvalue weighted by molar-refractivity contribution is 0.276. The van der Waals surface area contributed by atoms with Crippen molar-refractivity contribution in [2.75, 3.05) is 37.9 Å². The first-order valence-electron chi connectivity index (χ1n) is 11.1. The second-order valence-corrected chi connectivity index (χ2v) is 8.20. The second-order valence-electron chi connectivity index (χ2n) is 8.20. The van der Waals surface area contributed by atoms with Crippen LogP contribution in [0.4, 0.5) is 11.8 Å². The van der Waals surface area contributed by atoms with Crippen LogP contribution < -0.4 is 26.4 Å². The third-order valence-electron chi connectivity index (χ3n) is 5.78. The van der Waals surface area contributed by atoms with E-state index < -0.39 is 0 Å². The number of benzene rings is 1. The molecule has 1 fully saturated rings. The Bertz CT molecular complexity index is 850. The van der Waals surface area contributed by atoms with Crippen LogP contribution in [-0.4, -0.2) is 54.0 Å². The fraction of sp³-hybridized carbons (Fsp3) is 0.565. The zero-order chi connectivity index (χ0) is 22.2. The molecule has 1 atom stereocenters. The van der Waals surface area contributed by atoms with Crippen molar-refractivity contribution >= 4 is 11.8 Å². The molecule has 0 unspecified atom stereocenters. The molecule has 3 rings (SSSR count). The van der Waals surface area contributed by atoms with E-state index >= 15 is 0 Å². The van der Waals surface area contributed by atoms with Gasteiger partial charge in [-0.2, -0.15) is 4.98 Å². The van der Waals surface area contributed by atoms with E-state index in [2.05, 4.69) is 51.0 Å². The van der Waals surface area contributed by atoms with E-state index in [4.69, 9.17) is 10.5 Å². The van der Waals surface area contributed by atoms with Gasteiger partial charge in [0.2, 0.25) is 5.95 Å². The Labute approximate surface area is 185 Å². The number of hydrogen-bond donors (Lipinski definition) is 5. The number of nitrogens with zero attached hydrogens (tertiary/aromatic N) is 2. The first-order chi connectivity index (χ1) is 15.0. The molecule has 1 aromatic carbocycles. The largest absolute Gasteiger partial charge is 0.496 e. The molecular weight excluding hydrogens is 392 g/mol. The molecule has 1 aliphatic rings. The van der Waals surface area contributed by atoms with Crippen molar-refractivity contribution < 1.29 is 9.84 Å². The van der Waals surface area contributed by atoms with Crippen molar-refractivity contribution in [3.8, 4) is 5.75 Å². The monoisotopic (exact) mass is 428 g/mol. The molecule has 2 heterocycles. The minimum absolute atomic E-state index is 0.132. The summed E-state index contributed by atoms with van der Waals surface area (Å²) in [7, 11) is 1.70. The van der Waals surface area contributed by atoms with Crippen LogP contribution in [0.2, 0.25) is 0 Å². The maximum atomic E-state index is 9.42. The van der Waals surface area contributed by atoms with E-state index in [1.165, 1.54) is 5.56 Å².